The molecule has 0 spiro atoms. The van der Waals surface area contributed by atoms with Gasteiger partial charge in [-0.2, -0.15) is 4.98 Å². The summed E-state index contributed by atoms with van der Waals surface area (Å²) in [6.07, 6.45) is 2.45. The highest BCUT2D eigenvalue weighted by Gasteiger charge is 2.13. The van der Waals surface area contributed by atoms with Gasteiger partial charge >= 0.3 is 5.97 Å². The molecular formula is C17H18N4O3. The van der Waals surface area contributed by atoms with Crippen molar-refractivity contribution in [3.05, 3.63) is 48.3 Å². The number of rotatable bonds is 5. The molecule has 0 saturated carbocycles. The third-order valence-corrected chi connectivity index (χ3v) is 3.73. The molecule has 7 heteroatoms. The van der Waals surface area contributed by atoms with E-state index < -0.39 is 12.1 Å². The van der Waals surface area contributed by atoms with Gasteiger partial charge in [0, 0.05) is 32.1 Å². The average molecular weight is 326 g/mol. The topological polar surface area (TPSA) is 91.0 Å². The molecule has 0 bridgehead atoms. The number of aromatic nitrogens is 3. The molecule has 0 amide bonds. The Balaban J connectivity index is 1.88. The van der Waals surface area contributed by atoms with E-state index in [1.54, 1.807) is 12.1 Å². The predicted molar refractivity (Wildman–Crippen MR) is 90.0 cm³/mol. The van der Waals surface area contributed by atoms with Crippen LogP contribution in [-0.2, 0) is 4.79 Å². The van der Waals surface area contributed by atoms with Gasteiger partial charge in [0.25, 0.3) is 0 Å². The van der Waals surface area contributed by atoms with E-state index in [9.17, 15) is 9.90 Å². The van der Waals surface area contributed by atoms with Crippen LogP contribution in [0.2, 0.25) is 0 Å². The molecule has 1 atom stereocenters. The molecule has 2 aromatic heterocycles. The summed E-state index contributed by atoms with van der Waals surface area (Å²) in [6, 6.07) is 8.96. The van der Waals surface area contributed by atoms with Crippen LogP contribution < -0.4 is 4.90 Å². The van der Waals surface area contributed by atoms with E-state index in [0.717, 1.165) is 17.1 Å². The quantitative estimate of drug-likeness (QED) is 0.745. The lowest BCUT2D eigenvalue weighted by Gasteiger charge is -2.09. The highest BCUT2D eigenvalue weighted by molar-refractivity contribution is 5.68. The van der Waals surface area contributed by atoms with Crippen molar-refractivity contribution >= 4 is 17.6 Å². The summed E-state index contributed by atoms with van der Waals surface area (Å²) in [4.78, 5) is 21.6. The maximum atomic E-state index is 10.7. The molecule has 0 aliphatic carbocycles. The van der Waals surface area contributed by atoms with Crippen LogP contribution in [0.4, 0.5) is 5.82 Å². The zero-order valence-electron chi connectivity index (χ0n) is 13.4. The van der Waals surface area contributed by atoms with E-state index in [1.807, 2.05) is 54.0 Å². The number of nitrogens with zero attached hydrogens (tertiary/aromatic N) is 4. The number of fused-ring (bicyclic) bond motifs is 1. The molecule has 0 saturated heterocycles. The molecule has 0 aliphatic heterocycles. The number of anilines is 1. The molecule has 1 aromatic carbocycles. The average Bonchev–Trinajstić information content (AvgIpc) is 2.97. The molecule has 124 valence electrons. The number of imidazole rings is 1. The van der Waals surface area contributed by atoms with Crippen LogP contribution in [0.25, 0.3) is 17.0 Å². The molecule has 1 unspecified atom stereocenters. The third-order valence-electron chi connectivity index (χ3n) is 3.73. The fourth-order valence-electron chi connectivity index (χ4n) is 2.41. The van der Waals surface area contributed by atoms with Crippen LogP contribution in [0, 0.1) is 0 Å². The van der Waals surface area contributed by atoms with Crippen molar-refractivity contribution in [2.24, 2.45) is 0 Å². The Morgan fingerprint density at radius 3 is 2.54 bits per heavy atom. The normalized spacial score (nSPS) is 12.3. The summed E-state index contributed by atoms with van der Waals surface area (Å²) in [5.41, 5.74) is 2.20. The third kappa shape index (κ3) is 3.21. The van der Waals surface area contributed by atoms with E-state index >= 15 is 0 Å². The minimum Gasteiger partial charge on any atom is -0.481 e. The number of hydrogen-bond donors (Lipinski definition) is 2. The first kappa shape index (κ1) is 15.9. The van der Waals surface area contributed by atoms with Crippen molar-refractivity contribution in [3.63, 3.8) is 0 Å². The molecule has 7 nitrogen and oxygen atoms in total. The van der Waals surface area contributed by atoms with E-state index in [-0.39, 0.29) is 6.42 Å². The van der Waals surface area contributed by atoms with Crippen molar-refractivity contribution < 1.29 is 15.0 Å². The monoisotopic (exact) mass is 326 g/mol. The van der Waals surface area contributed by atoms with Gasteiger partial charge in [0.1, 0.15) is 5.82 Å². The van der Waals surface area contributed by atoms with Crippen LogP contribution in [0.15, 0.2) is 42.7 Å². The number of carbonyl (C=O) groups is 1. The number of carboxylic acid groups (broad SMARTS) is 1. The zero-order chi connectivity index (χ0) is 17.3. The van der Waals surface area contributed by atoms with Gasteiger partial charge in [-0.15, -0.1) is 0 Å². The number of aliphatic carboxylic acids is 1. The summed E-state index contributed by atoms with van der Waals surface area (Å²) in [7, 11) is 3.84. The number of aliphatic hydroxyl groups excluding tert-OH is 1. The molecule has 2 heterocycles. The summed E-state index contributed by atoms with van der Waals surface area (Å²) < 4.78 is 1.84. The van der Waals surface area contributed by atoms with Crippen LogP contribution in [-0.4, -0.2) is 44.6 Å². The van der Waals surface area contributed by atoms with Crippen LogP contribution >= 0.6 is 0 Å². The lowest BCUT2D eigenvalue weighted by Crippen LogP contribution is -2.10. The molecule has 0 aliphatic rings. The van der Waals surface area contributed by atoms with Crippen LogP contribution in [0.3, 0.4) is 0 Å². The maximum absolute atomic E-state index is 10.7. The van der Waals surface area contributed by atoms with Crippen LogP contribution in [0.1, 0.15) is 18.1 Å². The largest absolute Gasteiger partial charge is 0.481 e. The number of carboxylic acids is 1. The molecule has 0 radical (unpaired) electrons. The lowest BCUT2D eigenvalue weighted by molar-refractivity contribution is -0.139. The first-order chi connectivity index (χ1) is 11.4. The second kappa shape index (κ2) is 6.29. The molecule has 24 heavy (non-hydrogen) atoms. The number of hydrogen-bond acceptors (Lipinski definition) is 5. The Kier molecular flexibility index (Phi) is 4.18. The lowest BCUT2D eigenvalue weighted by atomic mass is 10.0. The van der Waals surface area contributed by atoms with Gasteiger partial charge < -0.3 is 15.1 Å². The van der Waals surface area contributed by atoms with E-state index in [0.29, 0.717) is 11.3 Å². The summed E-state index contributed by atoms with van der Waals surface area (Å²) in [5, 5.41) is 18.6. The minimum atomic E-state index is -1.03. The van der Waals surface area contributed by atoms with Crippen molar-refractivity contribution in [2.45, 2.75) is 12.5 Å². The Morgan fingerprint density at radius 1 is 1.21 bits per heavy atom. The fraction of sp³-hybridized carbons (Fsp3) is 0.235. The Morgan fingerprint density at radius 2 is 1.92 bits per heavy atom. The second-order valence-corrected chi connectivity index (χ2v) is 5.75. The molecule has 0 fully saturated rings. The Labute approximate surface area is 138 Å². The van der Waals surface area contributed by atoms with Gasteiger partial charge in [-0.3, -0.25) is 9.20 Å². The van der Waals surface area contributed by atoms with Crippen molar-refractivity contribution in [1.29, 1.82) is 0 Å². The first-order valence-corrected chi connectivity index (χ1v) is 7.47. The minimum absolute atomic E-state index is 0.315. The summed E-state index contributed by atoms with van der Waals surface area (Å²) >= 11 is 0. The van der Waals surface area contributed by atoms with Gasteiger partial charge in [-0.1, -0.05) is 24.3 Å². The SMILES string of the molecule is CN(C)c1ccn2cc(-c3ccc(C(O)CC(=O)O)cc3)nc2n1. The van der Waals surface area contributed by atoms with Crippen molar-refractivity contribution in [3.8, 4) is 11.3 Å². The highest BCUT2D eigenvalue weighted by Crippen LogP contribution is 2.23. The molecule has 2 N–H and O–H groups in total. The highest BCUT2D eigenvalue weighted by atomic mass is 16.4. The van der Waals surface area contributed by atoms with Crippen molar-refractivity contribution in [2.75, 3.05) is 19.0 Å². The van der Waals surface area contributed by atoms with E-state index in [2.05, 4.69) is 9.97 Å². The Hall–Kier alpha value is -2.93. The van der Waals surface area contributed by atoms with Gasteiger partial charge in [-0.25, -0.2) is 4.98 Å². The number of benzene rings is 1. The van der Waals surface area contributed by atoms with Gasteiger partial charge in [0.15, 0.2) is 0 Å². The molecular weight excluding hydrogens is 308 g/mol. The van der Waals surface area contributed by atoms with Crippen molar-refractivity contribution in [1.82, 2.24) is 14.4 Å². The summed E-state index contributed by atoms with van der Waals surface area (Å²) in [6.45, 7) is 0. The van der Waals surface area contributed by atoms with Gasteiger partial charge in [0.2, 0.25) is 5.78 Å². The smallest absolute Gasteiger partial charge is 0.306 e. The first-order valence-electron chi connectivity index (χ1n) is 7.47. The number of aliphatic hydroxyl groups is 1. The molecule has 3 aromatic rings. The Bertz CT molecular complexity index is 871. The van der Waals surface area contributed by atoms with E-state index in [1.165, 1.54) is 0 Å². The standard InChI is InChI=1S/C17H18N4O3/c1-20(2)15-7-8-21-10-13(18-17(21)19-15)11-3-5-12(6-4-11)14(22)9-16(23)24/h3-8,10,14,22H,9H2,1-2H3,(H,23,24). The zero-order valence-corrected chi connectivity index (χ0v) is 13.4. The maximum Gasteiger partial charge on any atom is 0.306 e. The van der Waals surface area contributed by atoms with Crippen LogP contribution in [0.5, 0.6) is 0 Å². The molecule has 3 rings (SSSR count). The second-order valence-electron chi connectivity index (χ2n) is 5.75. The predicted octanol–water partition coefficient (Wildman–Crippen LogP) is 1.97. The van der Waals surface area contributed by atoms with E-state index in [4.69, 9.17) is 5.11 Å². The summed E-state index contributed by atoms with van der Waals surface area (Å²) in [5.74, 6) is 0.396. The fourth-order valence-corrected chi connectivity index (χ4v) is 2.41. The van der Waals surface area contributed by atoms with Gasteiger partial charge in [-0.05, 0) is 11.6 Å². The van der Waals surface area contributed by atoms with Gasteiger partial charge in [0.05, 0.1) is 18.2 Å².